The van der Waals surface area contributed by atoms with Crippen LogP contribution in [-0.2, 0) is 14.1 Å². The Morgan fingerprint density at radius 3 is 2.81 bits per heavy atom. The summed E-state index contributed by atoms with van der Waals surface area (Å²) >= 11 is 0. The van der Waals surface area contributed by atoms with Crippen molar-refractivity contribution in [2.75, 3.05) is 10.6 Å². The highest BCUT2D eigenvalue weighted by atomic mass is 16.1. The van der Waals surface area contributed by atoms with Crippen molar-refractivity contribution in [3.63, 3.8) is 0 Å². The topological polar surface area (TPSA) is 115 Å². The van der Waals surface area contributed by atoms with Crippen molar-refractivity contribution in [1.82, 2.24) is 34.3 Å². The molecule has 4 heterocycles. The lowest BCUT2D eigenvalue weighted by Crippen LogP contribution is -2.13. The summed E-state index contributed by atoms with van der Waals surface area (Å²) in [6, 6.07) is 9.41. The molecule has 2 N–H and O–H groups in total. The predicted octanol–water partition coefficient (Wildman–Crippen LogP) is 3.07. The molecule has 0 saturated carbocycles. The van der Waals surface area contributed by atoms with Gasteiger partial charge < -0.3 is 15.2 Å². The summed E-state index contributed by atoms with van der Waals surface area (Å²) in [7, 11) is 3.70. The van der Waals surface area contributed by atoms with E-state index in [2.05, 4.69) is 35.7 Å². The van der Waals surface area contributed by atoms with E-state index < -0.39 is 0 Å². The lowest BCUT2D eigenvalue weighted by Gasteiger charge is -2.16. The molecule has 0 fully saturated rings. The van der Waals surface area contributed by atoms with Crippen molar-refractivity contribution in [3.05, 3.63) is 66.4 Å². The number of aryl methyl sites for hydroxylation is 2. The highest BCUT2D eigenvalue weighted by Crippen LogP contribution is 2.22. The average Bonchev–Trinajstić information content (AvgIpc) is 3.36. The van der Waals surface area contributed by atoms with Crippen molar-refractivity contribution < 1.29 is 4.79 Å². The first kappa shape index (κ1) is 19.6. The lowest BCUT2D eigenvalue weighted by molar-refractivity contribution is 0.102. The number of fused-ring (bicyclic) bond motifs is 2. The molecule has 0 unspecified atom stereocenters. The number of pyridine rings is 1. The van der Waals surface area contributed by atoms with Gasteiger partial charge in [0.1, 0.15) is 11.3 Å². The largest absolute Gasteiger partial charge is 0.362 e. The zero-order chi connectivity index (χ0) is 22.2. The molecule has 32 heavy (non-hydrogen) atoms. The van der Waals surface area contributed by atoms with Gasteiger partial charge in [-0.2, -0.15) is 5.10 Å². The number of carbonyl (C=O) groups is 1. The summed E-state index contributed by atoms with van der Waals surface area (Å²) in [5, 5.41) is 10.5. The SMILES string of the molecule is C[C@H](Nc1cnc2cnn(C)c2n1)c1cccc(NC(=O)c2cnc3ncn(C)c3c2)c1. The van der Waals surface area contributed by atoms with Crippen LogP contribution in [0.3, 0.4) is 0 Å². The summed E-state index contributed by atoms with van der Waals surface area (Å²) in [5.74, 6) is 0.421. The second-order valence-electron chi connectivity index (χ2n) is 7.60. The Kier molecular flexibility index (Phi) is 4.74. The van der Waals surface area contributed by atoms with E-state index in [4.69, 9.17) is 0 Å². The molecule has 5 aromatic rings. The third-order valence-corrected chi connectivity index (χ3v) is 5.29. The molecular formula is C22H21N9O. The molecule has 5 rings (SSSR count). The molecule has 160 valence electrons. The van der Waals surface area contributed by atoms with Gasteiger partial charge in [-0.05, 0) is 30.7 Å². The average molecular weight is 427 g/mol. The standard InChI is InChI=1S/C22H21N9O/c1-13(27-19-11-23-17-10-26-31(3)21(17)29-19)14-5-4-6-16(7-14)28-22(32)15-8-18-20(24-9-15)25-12-30(18)2/h4-13H,1-3H3,(H,27,29)(H,28,32)/t13-/m0/s1. The maximum absolute atomic E-state index is 12.8. The van der Waals surface area contributed by atoms with Crippen LogP contribution in [0.5, 0.6) is 0 Å². The van der Waals surface area contributed by atoms with Crippen LogP contribution in [-0.4, -0.2) is 40.2 Å². The number of hydrogen-bond donors (Lipinski definition) is 2. The van der Waals surface area contributed by atoms with E-state index in [1.54, 1.807) is 29.5 Å². The number of rotatable bonds is 5. The molecule has 1 atom stereocenters. The second kappa shape index (κ2) is 7.73. The number of hydrogen-bond acceptors (Lipinski definition) is 7. The maximum Gasteiger partial charge on any atom is 0.257 e. The number of amides is 1. The molecule has 0 spiro atoms. The van der Waals surface area contributed by atoms with Gasteiger partial charge in [0.25, 0.3) is 5.91 Å². The van der Waals surface area contributed by atoms with E-state index >= 15 is 0 Å². The van der Waals surface area contributed by atoms with Crippen LogP contribution in [0.4, 0.5) is 11.5 Å². The molecule has 10 heteroatoms. The van der Waals surface area contributed by atoms with E-state index in [-0.39, 0.29) is 11.9 Å². The fourth-order valence-corrected chi connectivity index (χ4v) is 3.51. The highest BCUT2D eigenvalue weighted by Gasteiger charge is 2.13. The Balaban J connectivity index is 1.33. The minimum atomic E-state index is -0.231. The van der Waals surface area contributed by atoms with E-state index in [1.165, 1.54) is 6.20 Å². The van der Waals surface area contributed by atoms with Gasteiger partial charge in [0, 0.05) is 26.0 Å². The van der Waals surface area contributed by atoms with Gasteiger partial charge >= 0.3 is 0 Å². The van der Waals surface area contributed by atoms with Crippen molar-refractivity contribution >= 4 is 39.7 Å². The van der Waals surface area contributed by atoms with Crippen LogP contribution < -0.4 is 10.6 Å². The summed E-state index contributed by atoms with van der Waals surface area (Å²) in [6.45, 7) is 2.02. The molecule has 4 aromatic heterocycles. The summed E-state index contributed by atoms with van der Waals surface area (Å²) in [4.78, 5) is 30.2. The molecule has 0 bridgehead atoms. The van der Waals surface area contributed by atoms with Crippen LogP contribution in [0.1, 0.15) is 28.9 Å². The monoisotopic (exact) mass is 427 g/mol. The number of nitrogens with one attached hydrogen (secondary N) is 2. The van der Waals surface area contributed by atoms with Crippen LogP contribution >= 0.6 is 0 Å². The number of nitrogens with zero attached hydrogens (tertiary/aromatic N) is 7. The number of benzene rings is 1. The van der Waals surface area contributed by atoms with Crippen LogP contribution in [0.25, 0.3) is 22.3 Å². The Morgan fingerprint density at radius 1 is 1.06 bits per heavy atom. The van der Waals surface area contributed by atoms with Crippen molar-refractivity contribution in [2.24, 2.45) is 14.1 Å². The van der Waals surface area contributed by atoms with Gasteiger partial charge in [-0.25, -0.2) is 24.6 Å². The highest BCUT2D eigenvalue weighted by molar-refractivity contribution is 6.05. The fraction of sp³-hybridized carbons (Fsp3) is 0.182. The Bertz CT molecular complexity index is 1450. The zero-order valence-electron chi connectivity index (χ0n) is 17.8. The summed E-state index contributed by atoms with van der Waals surface area (Å²) in [6.07, 6.45) is 6.58. The van der Waals surface area contributed by atoms with Gasteiger partial charge in [0.2, 0.25) is 0 Å². The molecule has 1 amide bonds. The Hall–Kier alpha value is -4.34. The Labute approximate surface area is 183 Å². The normalized spacial score (nSPS) is 12.2. The quantitative estimate of drug-likeness (QED) is 0.443. The van der Waals surface area contributed by atoms with E-state index in [1.807, 2.05) is 49.9 Å². The predicted molar refractivity (Wildman–Crippen MR) is 121 cm³/mol. The zero-order valence-corrected chi connectivity index (χ0v) is 17.8. The van der Waals surface area contributed by atoms with E-state index in [9.17, 15) is 4.79 Å². The van der Waals surface area contributed by atoms with Crippen molar-refractivity contribution in [1.29, 1.82) is 0 Å². The van der Waals surface area contributed by atoms with Gasteiger partial charge in [0.15, 0.2) is 11.3 Å². The molecule has 0 saturated heterocycles. The molecule has 10 nitrogen and oxygen atoms in total. The summed E-state index contributed by atoms with van der Waals surface area (Å²) < 4.78 is 3.52. The maximum atomic E-state index is 12.8. The number of anilines is 2. The van der Waals surface area contributed by atoms with E-state index in [0.717, 1.165) is 16.6 Å². The molecule has 0 aliphatic heterocycles. The molecule has 0 aliphatic carbocycles. The third-order valence-electron chi connectivity index (χ3n) is 5.29. The minimum Gasteiger partial charge on any atom is -0.362 e. The Morgan fingerprint density at radius 2 is 1.94 bits per heavy atom. The fourth-order valence-electron chi connectivity index (χ4n) is 3.51. The third kappa shape index (κ3) is 3.62. The van der Waals surface area contributed by atoms with Crippen molar-refractivity contribution in [2.45, 2.75) is 13.0 Å². The smallest absolute Gasteiger partial charge is 0.257 e. The molecule has 1 aromatic carbocycles. The van der Waals surface area contributed by atoms with Crippen LogP contribution in [0.2, 0.25) is 0 Å². The van der Waals surface area contributed by atoms with Gasteiger partial charge in [-0.1, -0.05) is 12.1 Å². The molecule has 0 radical (unpaired) electrons. The number of carbonyl (C=O) groups excluding carboxylic acids is 1. The van der Waals surface area contributed by atoms with Gasteiger partial charge in [-0.3, -0.25) is 4.79 Å². The second-order valence-corrected chi connectivity index (χ2v) is 7.60. The number of aromatic nitrogens is 7. The van der Waals surface area contributed by atoms with E-state index in [0.29, 0.717) is 28.4 Å². The molecule has 0 aliphatic rings. The summed E-state index contributed by atoms with van der Waals surface area (Å²) in [5.41, 5.74) is 5.03. The first-order chi connectivity index (χ1) is 15.5. The first-order valence-electron chi connectivity index (χ1n) is 10.1. The van der Waals surface area contributed by atoms with Crippen LogP contribution in [0.15, 0.2) is 55.2 Å². The van der Waals surface area contributed by atoms with Crippen molar-refractivity contribution in [3.8, 4) is 0 Å². The van der Waals surface area contributed by atoms with Gasteiger partial charge in [-0.15, -0.1) is 0 Å². The number of imidazole rings is 1. The minimum absolute atomic E-state index is 0.0562. The first-order valence-corrected chi connectivity index (χ1v) is 10.1. The van der Waals surface area contributed by atoms with Crippen LogP contribution in [0, 0.1) is 0 Å². The van der Waals surface area contributed by atoms with Gasteiger partial charge in [0.05, 0.1) is 35.8 Å². The lowest BCUT2D eigenvalue weighted by atomic mass is 10.1. The molecular weight excluding hydrogens is 406 g/mol.